The lowest BCUT2D eigenvalue weighted by Gasteiger charge is -2.26. The Kier molecular flexibility index (Phi) is 8.87. The fourth-order valence-electron chi connectivity index (χ4n) is 3.95. The van der Waals surface area contributed by atoms with Crippen molar-refractivity contribution in [3.8, 4) is 11.5 Å². The third-order valence-corrected chi connectivity index (χ3v) is 7.74. The number of methoxy groups -OCH3 is 2. The van der Waals surface area contributed by atoms with Gasteiger partial charge >= 0.3 is 0 Å². The predicted octanol–water partition coefficient (Wildman–Crippen LogP) is 3.48. The summed E-state index contributed by atoms with van der Waals surface area (Å²) in [5.74, 6) is -0.358. The molecule has 10 heteroatoms. The molecule has 1 aliphatic heterocycles. The van der Waals surface area contributed by atoms with E-state index in [0.717, 1.165) is 19.3 Å². The van der Waals surface area contributed by atoms with Crippen molar-refractivity contribution < 1.29 is 27.1 Å². The molecule has 1 saturated heterocycles. The van der Waals surface area contributed by atoms with E-state index in [2.05, 4.69) is 5.32 Å². The Labute approximate surface area is 200 Å². The van der Waals surface area contributed by atoms with E-state index in [9.17, 15) is 17.6 Å². The molecule has 1 fully saturated rings. The van der Waals surface area contributed by atoms with Crippen LogP contribution in [0.15, 0.2) is 41.3 Å². The largest absolute Gasteiger partial charge is 0.495 e. The van der Waals surface area contributed by atoms with Gasteiger partial charge in [-0.05, 0) is 55.3 Å². The average molecular weight is 494 g/mol. The van der Waals surface area contributed by atoms with Gasteiger partial charge in [0, 0.05) is 25.3 Å². The minimum absolute atomic E-state index is 0.0377. The lowest BCUT2D eigenvalue weighted by Crippen LogP contribution is -2.36. The molecule has 0 bridgehead atoms. The van der Waals surface area contributed by atoms with Gasteiger partial charge in [0.05, 0.1) is 20.8 Å². The van der Waals surface area contributed by atoms with E-state index in [1.807, 2.05) is 11.8 Å². The zero-order valence-electron chi connectivity index (χ0n) is 19.8. The van der Waals surface area contributed by atoms with Crippen LogP contribution in [0.5, 0.6) is 11.5 Å². The molecule has 1 N–H and O–H groups in total. The molecule has 1 heterocycles. The number of hydrogen-bond acceptors (Lipinski definition) is 6. The minimum Gasteiger partial charge on any atom is -0.495 e. The van der Waals surface area contributed by atoms with Gasteiger partial charge in [-0.15, -0.1) is 0 Å². The van der Waals surface area contributed by atoms with Gasteiger partial charge in [0.1, 0.15) is 10.6 Å². The highest BCUT2D eigenvalue weighted by molar-refractivity contribution is 7.89. The van der Waals surface area contributed by atoms with Crippen LogP contribution in [0.25, 0.3) is 0 Å². The lowest BCUT2D eigenvalue weighted by molar-refractivity contribution is -0.117. The molecule has 0 unspecified atom stereocenters. The van der Waals surface area contributed by atoms with Crippen LogP contribution in [-0.2, 0) is 21.4 Å². The first-order valence-electron chi connectivity index (χ1n) is 11.3. The molecule has 34 heavy (non-hydrogen) atoms. The van der Waals surface area contributed by atoms with Crippen LogP contribution in [0.1, 0.15) is 31.7 Å². The first-order valence-corrected chi connectivity index (χ1v) is 12.7. The molecule has 1 amide bonds. The number of hydrogen-bond donors (Lipinski definition) is 1. The maximum atomic E-state index is 14.0. The Morgan fingerprint density at radius 1 is 1.06 bits per heavy atom. The maximum absolute atomic E-state index is 14.0. The van der Waals surface area contributed by atoms with E-state index in [-0.39, 0.29) is 28.8 Å². The summed E-state index contributed by atoms with van der Waals surface area (Å²) < 4.78 is 52.1. The van der Waals surface area contributed by atoms with Gasteiger partial charge in [-0.25, -0.2) is 12.8 Å². The number of rotatable bonds is 10. The third-order valence-electron chi connectivity index (χ3n) is 5.82. The van der Waals surface area contributed by atoms with Gasteiger partial charge in [-0.1, -0.05) is 19.4 Å². The van der Waals surface area contributed by atoms with Crippen molar-refractivity contribution in [2.45, 2.75) is 37.6 Å². The number of nitrogens with zero attached hydrogens (tertiary/aromatic N) is 2. The van der Waals surface area contributed by atoms with E-state index in [4.69, 9.17) is 9.47 Å². The summed E-state index contributed by atoms with van der Waals surface area (Å²) >= 11 is 0. The second kappa shape index (κ2) is 11.6. The quantitative estimate of drug-likeness (QED) is 0.545. The van der Waals surface area contributed by atoms with Gasteiger partial charge in [-0.2, -0.15) is 4.31 Å². The molecule has 3 rings (SSSR count). The Morgan fingerprint density at radius 2 is 1.74 bits per heavy atom. The summed E-state index contributed by atoms with van der Waals surface area (Å²) in [6.45, 7) is 3.85. The van der Waals surface area contributed by atoms with Crippen LogP contribution in [0, 0.1) is 5.82 Å². The number of ether oxygens (including phenoxy) is 2. The summed E-state index contributed by atoms with van der Waals surface area (Å²) in [6.07, 6.45) is 2.65. The summed E-state index contributed by atoms with van der Waals surface area (Å²) in [7, 11) is -0.914. The van der Waals surface area contributed by atoms with Crippen molar-refractivity contribution in [1.29, 1.82) is 0 Å². The van der Waals surface area contributed by atoms with Crippen LogP contribution >= 0.6 is 0 Å². The van der Waals surface area contributed by atoms with Crippen molar-refractivity contribution in [2.24, 2.45) is 0 Å². The monoisotopic (exact) mass is 493 g/mol. The van der Waals surface area contributed by atoms with E-state index >= 15 is 0 Å². The molecule has 0 atom stereocenters. The SMILES string of the molecule is CCN(CC(=O)Nc1ccc(OC)c(S(=O)(=O)N2CCCCC2)c1)Cc1ccc(OC)c(F)c1. The van der Waals surface area contributed by atoms with Crippen molar-refractivity contribution in [2.75, 3.05) is 45.7 Å². The van der Waals surface area contributed by atoms with Crippen LogP contribution in [0.3, 0.4) is 0 Å². The topological polar surface area (TPSA) is 88.2 Å². The molecule has 0 saturated carbocycles. The molecule has 1 aliphatic rings. The van der Waals surface area contributed by atoms with Crippen LogP contribution < -0.4 is 14.8 Å². The van der Waals surface area contributed by atoms with E-state index in [0.29, 0.717) is 37.4 Å². The standard InChI is InChI=1S/C24H32FN3O5S/c1-4-27(16-18-8-10-21(32-2)20(25)14-18)17-24(29)26-19-9-11-22(33-3)23(15-19)34(30,31)28-12-6-5-7-13-28/h8-11,14-15H,4-7,12-13,16-17H2,1-3H3,(H,26,29). The molecule has 0 spiro atoms. The molecular weight excluding hydrogens is 461 g/mol. The third kappa shape index (κ3) is 6.25. The predicted molar refractivity (Wildman–Crippen MR) is 128 cm³/mol. The van der Waals surface area contributed by atoms with Gasteiger partial charge in [-0.3, -0.25) is 9.69 Å². The highest BCUT2D eigenvalue weighted by atomic mass is 32.2. The number of carbonyl (C=O) groups is 1. The number of amides is 1. The lowest BCUT2D eigenvalue weighted by atomic mass is 10.2. The normalized spacial score (nSPS) is 14.7. The number of nitrogens with one attached hydrogen (secondary N) is 1. The number of carbonyl (C=O) groups excluding carboxylic acids is 1. The fraction of sp³-hybridized carbons (Fsp3) is 0.458. The molecule has 0 radical (unpaired) electrons. The zero-order chi connectivity index (χ0) is 24.7. The van der Waals surface area contributed by atoms with Crippen LogP contribution in [-0.4, -0.2) is 63.9 Å². The van der Waals surface area contributed by atoms with Crippen LogP contribution in [0.4, 0.5) is 10.1 Å². The van der Waals surface area contributed by atoms with Gasteiger partial charge in [0.2, 0.25) is 15.9 Å². The number of sulfonamides is 1. The smallest absolute Gasteiger partial charge is 0.246 e. The molecule has 2 aromatic rings. The van der Waals surface area contributed by atoms with E-state index in [1.165, 1.54) is 30.7 Å². The second-order valence-corrected chi connectivity index (χ2v) is 10.1. The number of halogens is 1. The van der Waals surface area contributed by atoms with E-state index < -0.39 is 15.8 Å². The average Bonchev–Trinajstić information content (AvgIpc) is 2.84. The Balaban J connectivity index is 1.71. The van der Waals surface area contributed by atoms with Crippen LogP contribution in [0.2, 0.25) is 0 Å². The number of anilines is 1. The van der Waals surface area contributed by atoms with Gasteiger partial charge in [0.15, 0.2) is 11.6 Å². The second-order valence-electron chi connectivity index (χ2n) is 8.15. The molecule has 186 valence electrons. The summed E-state index contributed by atoms with van der Waals surface area (Å²) in [5.41, 5.74) is 1.08. The van der Waals surface area contributed by atoms with Crippen molar-refractivity contribution in [1.82, 2.24) is 9.21 Å². The highest BCUT2D eigenvalue weighted by Crippen LogP contribution is 2.31. The minimum atomic E-state index is -3.74. The number of likely N-dealkylation sites (N-methyl/N-ethyl adjacent to an activating group) is 1. The summed E-state index contributed by atoms with van der Waals surface area (Å²) in [4.78, 5) is 14.6. The van der Waals surface area contributed by atoms with Gasteiger partial charge in [0.25, 0.3) is 0 Å². The van der Waals surface area contributed by atoms with Crippen molar-refractivity contribution >= 4 is 21.6 Å². The Morgan fingerprint density at radius 3 is 2.35 bits per heavy atom. The number of benzene rings is 2. The van der Waals surface area contributed by atoms with E-state index in [1.54, 1.807) is 24.3 Å². The summed E-state index contributed by atoms with van der Waals surface area (Å²) in [6, 6.07) is 9.30. The Hall–Kier alpha value is -2.69. The highest BCUT2D eigenvalue weighted by Gasteiger charge is 2.29. The van der Waals surface area contributed by atoms with Crippen molar-refractivity contribution in [3.05, 3.63) is 47.8 Å². The maximum Gasteiger partial charge on any atom is 0.246 e. The molecule has 8 nitrogen and oxygen atoms in total. The first-order chi connectivity index (χ1) is 16.3. The zero-order valence-corrected chi connectivity index (χ0v) is 20.7. The fourth-order valence-corrected chi connectivity index (χ4v) is 5.65. The molecular formula is C24H32FN3O5S. The Bertz CT molecular complexity index is 1100. The molecule has 2 aromatic carbocycles. The molecule has 0 aromatic heterocycles. The number of piperidine rings is 1. The molecule has 0 aliphatic carbocycles. The first kappa shape index (κ1) is 25.9. The van der Waals surface area contributed by atoms with Gasteiger partial charge < -0.3 is 14.8 Å². The van der Waals surface area contributed by atoms with Crippen molar-refractivity contribution in [3.63, 3.8) is 0 Å². The summed E-state index contributed by atoms with van der Waals surface area (Å²) in [5, 5.41) is 2.78.